The van der Waals surface area contributed by atoms with Crippen LogP contribution in [-0.4, -0.2) is 19.7 Å². The van der Waals surface area contributed by atoms with Gasteiger partial charge in [-0.25, -0.2) is 15.5 Å². The number of hydrogen-bond acceptors (Lipinski definition) is 6. The number of thiophene rings is 1. The zero-order valence-corrected chi connectivity index (χ0v) is 11.5. The molecule has 0 radical (unpaired) electrons. The van der Waals surface area contributed by atoms with Crippen LogP contribution in [0.2, 0.25) is 0 Å². The van der Waals surface area contributed by atoms with E-state index < -0.39 is 11.9 Å². The molecule has 0 aliphatic rings. The van der Waals surface area contributed by atoms with Crippen LogP contribution in [0.5, 0.6) is 0 Å². The highest BCUT2D eigenvalue weighted by molar-refractivity contribution is 7.18. The number of anilines is 1. The minimum Gasteiger partial charge on any atom is -0.292 e. The molecule has 0 atom stereocenters. The summed E-state index contributed by atoms with van der Waals surface area (Å²) in [5.74, 6) is 5.65. The van der Waals surface area contributed by atoms with E-state index in [-0.39, 0.29) is 11.8 Å². The summed E-state index contributed by atoms with van der Waals surface area (Å²) in [5, 5.41) is 4.14. The first-order valence-corrected chi connectivity index (χ1v) is 6.58. The predicted molar refractivity (Wildman–Crippen MR) is 72.1 cm³/mol. The SMILES string of the molecule is Cc1cc2c(-n3ccc(C(F)(F)F)n3)nc(NN)nc2s1. The number of nitrogens with two attached hydrogens (primary N) is 1. The van der Waals surface area contributed by atoms with E-state index >= 15 is 0 Å². The van der Waals surface area contributed by atoms with Gasteiger partial charge in [0.1, 0.15) is 4.83 Å². The van der Waals surface area contributed by atoms with Gasteiger partial charge in [0, 0.05) is 11.1 Å². The smallest absolute Gasteiger partial charge is 0.292 e. The van der Waals surface area contributed by atoms with Crippen molar-refractivity contribution < 1.29 is 13.2 Å². The summed E-state index contributed by atoms with van der Waals surface area (Å²) in [4.78, 5) is 9.83. The summed E-state index contributed by atoms with van der Waals surface area (Å²) in [7, 11) is 0. The minimum atomic E-state index is -4.50. The molecule has 0 fully saturated rings. The zero-order chi connectivity index (χ0) is 15.2. The van der Waals surface area contributed by atoms with Gasteiger partial charge in [-0.1, -0.05) is 0 Å². The number of nitrogens with one attached hydrogen (secondary N) is 1. The number of rotatable bonds is 2. The Labute approximate surface area is 120 Å². The quantitative estimate of drug-likeness (QED) is 0.561. The maximum absolute atomic E-state index is 12.6. The van der Waals surface area contributed by atoms with Crippen molar-refractivity contribution in [2.45, 2.75) is 13.1 Å². The van der Waals surface area contributed by atoms with Crippen molar-refractivity contribution in [2.24, 2.45) is 5.84 Å². The highest BCUT2D eigenvalue weighted by Gasteiger charge is 2.34. The minimum absolute atomic E-state index is 0.114. The molecule has 10 heteroatoms. The molecule has 21 heavy (non-hydrogen) atoms. The lowest BCUT2D eigenvalue weighted by Gasteiger charge is -2.05. The third-order valence-corrected chi connectivity index (χ3v) is 3.67. The highest BCUT2D eigenvalue weighted by Crippen LogP contribution is 2.31. The molecule has 0 bridgehead atoms. The predicted octanol–water partition coefficient (Wildman–Crippen LogP) is 2.49. The summed E-state index contributed by atoms with van der Waals surface area (Å²) in [5.41, 5.74) is 1.31. The van der Waals surface area contributed by atoms with Crippen LogP contribution in [0.15, 0.2) is 18.3 Å². The van der Waals surface area contributed by atoms with E-state index in [2.05, 4.69) is 20.5 Å². The first-order chi connectivity index (χ1) is 9.88. The molecule has 0 saturated carbocycles. The lowest BCUT2D eigenvalue weighted by Crippen LogP contribution is -2.13. The van der Waals surface area contributed by atoms with E-state index in [9.17, 15) is 13.2 Å². The van der Waals surface area contributed by atoms with Crippen LogP contribution in [0.1, 0.15) is 10.6 Å². The fourth-order valence-electron chi connectivity index (χ4n) is 1.86. The number of alkyl halides is 3. The molecule has 3 aromatic rings. The van der Waals surface area contributed by atoms with Crippen molar-refractivity contribution >= 4 is 27.5 Å². The van der Waals surface area contributed by atoms with E-state index in [1.54, 1.807) is 6.07 Å². The molecule has 3 N–H and O–H groups in total. The van der Waals surface area contributed by atoms with Crippen LogP contribution in [0.25, 0.3) is 16.0 Å². The van der Waals surface area contributed by atoms with E-state index in [1.165, 1.54) is 17.5 Å². The van der Waals surface area contributed by atoms with Crippen molar-refractivity contribution in [3.8, 4) is 5.82 Å². The maximum atomic E-state index is 12.6. The third kappa shape index (κ3) is 2.43. The molecule has 3 rings (SSSR count). The average molecular weight is 314 g/mol. The van der Waals surface area contributed by atoms with E-state index in [1.807, 2.05) is 6.92 Å². The first kappa shape index (κ1) is 13.8. The molecule has 3 aromatic heterocycles. The number of hydrogen-bond donors (Lipinski definition) is 2. The van der Waals surface area contributed by atoms with Gasteiger partial charge in [-0.05, 0) is 19.1 Å². The first-order valence-electron chi connectivity index (χ1n) is 5.76. The molecule has 0 unspecified atom stereocenters. The molecule has 110 valence electrons. The van der Waals surface area contributed by atoms with Gasteiger partial charge >= 0.3 is 6.18 Å². The molecule has 6 nitrogen and oxygen atoms in total. The lowest BCUT2D eigenvalue weighted by molar-refractivity contribution is -0.141. The molecular weight excluding hydrogens is 305 g/mol. The largest absolute Gasteiger partial charge is 0.435 e. The number of fused-ring (bicyclic) bond motifs is 1. The van der Waals surface area contributed by atoms with Gasteiger partial charge in [0.05, 0.1) is 5.39 Å². The number of nitrogens with zero attached hydrogens (tertiary/aromatic N) is 4. The van der Waals surface area contributed by atoms with Gasteiger partial charge in [-0.2, -0.15) is 23.3 Å². The van der Waals surface area contributed by atoms with Gasteiger partial charge in [-0.3, -0.25) is 5.43 Å². The van der Waals surface area contributed by atoms with Crippen molar-refractivity contribution in [3.63, 3.8) is 0 Å². The molecule has 0 spiro atoms. The second-order valence-corrected chi connectivity index (χ2v) is 5.47. The van der Waals surface area contributed by atoms with Gasteiger partial charge in [-0.15, -0.1) is 11.3 Å². The summed E-state index contributed by atoms with van der Waals surface area (Å²) >= 11 is 1.39. The number of hydrazine groups is 1. The van der Waals surface area contributed by atoms with E-state index in [4.69, 9.17) is 5.84 Å². The molecule has 0 amide bonds. The molecule has 0 aliphatic heterocycles. The van der Waals surface area contributed by atoms with Gasteiger partial charge < -0.3 is 0 Å². The summed E-state index contributed by atoms with van der Waals surface area (Å²) < 4.78 is 39.0. The molecule has 0 saturated heterocycles. The average Bonchev–Trinajstić information content (AvgIpc) is 3.01. The standard InChI is InChI=1S/C11H9F3N6S/c1-5-4-6-8(16-10(18-15)17-9(6)21-5)20-3-2-7(19-20)11(12,13)14/h2-4H,15H2,1H3,(H,16,17,18). The maximum Gasteiger partial charge on any atom is 0.435 e. The second-order valence-electron chi connectivity index (χ2n) is 4.23. The zero-order valence-electron chi connectivity index (χ0n) is 10.6. The Kier molecular flexibility index (Phi) is 3.06. The van der Waals surface area contributed by atoms with Crippen LogP contribution in [0, 0.1) is 6.92 Å². The van der Waals surface area contributed by atoms with E-state index in [0.717, 1.165) is 15.6 Å². The summed E-state index contributed by atoms with van der Waals surface area (Å²) in [6.45, 7) is 1.87. The fourth-order valence-corrected chi connectivity index (χ4v) is 2.73. The van der Waals surface area contributed by atoms with Crippen LogP contribution in [0.3, 0.4) is 0 Å². The Balaban J connectivity index is 2.21. The number of halogens is 3. The number of aryl methyl sites for hydroxylation is 1. The normalized spacial score (nSPS) is 12.0. The molecule has 0 aromatic carbocycles. The van der Waals surface area contributed by atoms with Crippen molar-refractivity contribution in [3.05, 3.63) is 28.9 Å². The highest BCUT2D eigenvalue weighted by atomic mass is 32.1. The van der Waals surface area contributed by atoms with Gasteiger partial charge in [0.15, 0.2) is 11.5 Å². The summed E-state index contributed by atoms with van der Waals surface area (Å²) in [6, 6.07) is 2.69. The fraction of sp³-hybridized carbons (Fsp3) is 0.182. The molecule has 0 aliphatic carbocycles. The van der Waals surface area contributed by atoms with E-state index in [0.29, 0.717) is 10.2 Å². The topological polar surface area (TPSA) is 81.7 Å². The van der Waals surface area contributed by atoms with Crippen molar-refractivity contribution in [1.29, 1.82) is 0 Å². The van der Waals surface area contributed by atoms with Gasteiger partial charge in [0.2, 0.25) is 5.95 Å². The molecular formula is C11H9F3N6S. The Hall–Kier alpha value is -2.20. The second kappa shape index (κ2) is 4.67. The summed E-state index contributed by atoms with van der Waals surface area (Å²) in [6.07, 6.45) is -3.30. The Morgan fingerprint density at radius 3 is 2.71 bits per heavy atom. The monoisotopic (exact) mass is 314 g/mol. The van der Waals surface area contributed by atoms with Crippen LogP contribution < -0.4 is 11.3 Å². The Bertz CT molecular complexity index is 806. The number of nitrogen functional groups attached to an aromatic ring is 1. The Morgan fingerprint density at radius 2 is 2.10 bits per heavy atom. The van der Waals surface area contributed by atoms with Crippen molar-refractivity contribution in [2.75, 3.05) is 5.43 Å². The molecule has 3 heterocycles. The Morgan fingerprint density at radius 1 is 1.33 bits per heavy atom. The van der Waals surface area contributed by atoms with Crippen LogP contribution in [-0.2, 0) is 6.18 Å². The third-order valence-electron chi connectivity index (χ3n) is 2.72. The number of aromatic nitrogens is 4. The lowest BCUT2D eigenvalue weighted by atomic mass is 10.3. The van der Waals surface area contributed by atoms with Gasteiger partial charge in [0.25, 0.3) is 0 Å². The van der Waals surface area contributed by atoms with Crippen LogP contribution >= 0.6 is 11.3 Å². The van der Waals surface area contributed by atoms with Crippen LogP contribution in [0.4, 0.5) is 19.1 Å². The van der Waals surface area contributed by atoms with Crippen molar-refractivity contribution in [1.82, 2.24) is 19.7 Å².